The molecule has 0 saturated heterocycles. The Morgan fingerprint density at radius 2 is 1.67 bits per heavy atom. The van der Waals surface area contributed by atoms with Crippen LogP contribution in [0.4, 0.5) is 14.5 Å². The lowest BCUT2D eigenvalue weighted by molar-refractivity contribution is -0.123. The fraction of sp³-hybridized carbons (Fsp3) is 0.238. The summed E-state index contributed by atoms with van der Waals surface area (Å²) in [4.78, 5) is 33.6. The lowest BCUT2D eigenvalue weighted by Gasteiger charge is -2.16. The molecular formula is C21H19F2N3O4. The number of ether oxygens (including phenoxy) is 2. The van der Waals surface area contributed by atoms with Crippen LogP contribution in [0.2, 0.25) is 0 Å². The van der Waals surface area contributed by atoms with Crippen LogP contribution in [0.3, 0.4) is 0 Å². The second-order valence-corrected chi connectivity index (χ2v) is 6.51. The molecule has 30 heavy (non-hydrogen) atoms. The number of carbonyl (C=O) groups is 2. The number of anilines is 1. The Labute approximate surface area is 171 Å². The van der Waals surface area contributed by atoms with Crippen molar-refractivity contribution in [1.29, 1.82) is 0 Å². The van der Waals surface area contributed by atoms with Gasteiger partial charge in [-0.25, -0.2) is 14.8 Å². The summed E-state index contributed by atoms with van der Waals surface area (Å²) < 4.78 is 34.6. The van der Waals surface area contributed by atoms with Crippen LogP contribution in [0.5, 0.6) is 5.75 Å². The molecule has 9 heteroatoms. The Balaban J connectivity index is 1.70. The largest absolute Gasteiger partial charge is 0.449 e. The van der Waals surface area contributed by atoms with Gasteiger partial charge in [-0.15, -0.1) is 0 Å². The highest BCUT2D eigenvalue weighted by molar-refractivity contribution is 5.99. The highest BCUT2D eigenvalue weighted by Crippen LogP contribution is 2.26. The number of nitrogens with zero attached hydrogens (tertiary/aromatic N) is 2. The van der Waals surface area contributed by atoms with Gasteiger partial charge in [0.1, 0.15) is 5.75 Å². The minimum absolute atomic E-state index is 0.0394. The van der Waals surface area contributed by atoms with E-state index in [-0.39, 0.29) is 17.0 Å². The molecule has 1 aromatic heterocycles. The summed E-state index contributed by atoms with van der Waals surface area (Å²) in [5, 5.41) is 2.42. The van der Waals surface area contributed by atoms with Gasteiger partial charge >= 0.3 is 12.6 Å². The van der Waals surface area contributed by atoms with Gasteiger partial charge in [-0.1, -0.05) is 12.1 Å². The molecule has 2 aromatic carbocycles. The minimum atomic E-state index is -3.04. The normalized spacial score (nSPS) is 11.9. The maximum Gasteiger partial charge on any atom is 0.387 e. The predicted molar refractivity (Wildman–Crippen MR) is 106 cm³/mol. The molecule has 1 heterocycles. The van der Waals surface area contributed by atoms with E-state index in [1.165, 1.54) is 37.3 Å². The molecule has 0 bridgehead atoms. The van der Waals surface area contributed by atoms with E-state index in [0.29, 0.717) is 11.0 Å². The molecule has 0 aliphatic carbocycles. The molecule has 0 saturated carbocycles. The van der Waals surface area contributed by atoms with E-state index < -0.39 is 24.6 Å². The number of hydrogen-bond donors (Lipinski definition) is 1. The highest BCUT2D eigenvalue weighted by Gasteiger charge is 2.21. The topological polar surface area (TPSA) is 90.4 Å². The van der Waals surface area contributed by atoms with Crippen molar-refractivity contribution in [3.05, 3.63) is 59.4 Å². The summed E-state index contributed by atoms with van der Waals surface area (Å²) in [5.41, 5.74) is 2.95. The Bertz CT molecular complexity index is 1100. The summed E-state index contributed by atoms with van der Waals surface area (Å²) >= 11 is 0. The van der Waals surface area contributed by atoms with Crippen molar-refractivity contribution >= 4 is 28.6 Å². The van der Waals surface area contributed by atoms with Gasteiger partial charge in [0, 0.05) is 0 Å². The van der Waals surface area contributed by atoms with Crippen LogP contribution in [0.15, 0.2) is 42.5 Å². The van der Waals surface area contributed by atoms with E-state index in [0.717, 1.165) is 11.4 Å². The van der Waals surface area contributed by atoms with Gasteiger partial charge in [-0.2, -0.15) is 8.78 Å². The summed E-state index contributed by atoms with van der Waals surface area (Å²) in [6.45, 7) is 1.99. The van der Waals surface area contributed by atoms with Crippen LogP contribution in [-0.4, -0.2) is 34.6 Å². The molecule has 0 radical (unpaired) electrons. The van der Waals surface area contributed by atoms with E-state index in [4.69, 9.17) is 4.74 Å². The van der Waals surface area contributed by atoms with Gasteiger partial charge in [-0.05, 0) is 51.1 Å². The number of benzene rings is 2. The zero-order valence-electron chi connectivity index (χ0n) is 16.5. The fourth-order valence-corrected chi connectivity index (χ4v) is 2.64. The Morgan fingerprint density at radius 1 is 1.00 bits per heavy atom. The van der Waals surface area contributed by atoms with E-state index in [9.17, 15) is 18.4 Å². The third kappa shape index (κ3) is 4.86. The first-order chi connectivity index (χ1) is 14.2. The third-order valence-corrected chi connectivity index (χ3v) is 4.33. The first-order valence-corrected chi connectivity index (χ1v) is 9.05. The van der Waals surface area contributed by atoms with Crippen LogP contribution in [0.25, 0.3) is 11.0 Å². The maximum atomic E-state index is 12.5. The quantitative estimate of drug-likeness (QED) is 0.612. The summed E-state index contributed by atoms with van der Waals surface area (Å²) in [6, 6.07) is 10.4. The number of aromatic nitrogens is 2. The molecule has 7 nitrogen and oxygen atoms in total. The zero-order chi connectivity index (χ0) is 21.8. The maximum absolute atomic E-state index is 12.5. The molecular weight excluding hydrogens is 396 g/mol. The first kappa shape index (κ1) is 21.1. The summed E-state index contributed by atoms with van der Waals surface area (Å²) in [5.74, 6) is -1.62. The molecule has 3 rings (SSSR count). The number of alkyl halides is 2. The number of amides is 1. The van der Waals surface area contributed by atoms with Gasteiger partial charge < -0.3 is 14.8 Å². The second-order valence-electron chi connectivity index (χ2n) is 6.51. The van der Waals surface area contributed by atoms with Crippen molar-refractivity contribution in [3.8, 4) is 5.75 Å². The predicted octanol–water partition coefficient (Wildman–Crippen LogP) is 4.03. The number of nitrogens with one attached hydrogen (secondary N) is 1. The SMILES string of the molecule is Cc1nc2ccc(C(=O)O[C@H](C)C(=O)Nc3ccccc3OC(F)F)cc2nc1C. The van der Waals surface area contributed by atoms with Gasteiger partial charge in [0.2, 0.25) is 0 Å². The summed E-state index contributed by atoms with van der Waals surface area (Å²) in [7, 11) is 0. The monoisotopic (exact) mass is 415 g/mol. The van der Waals surface area contributed by atoms with E-state index >= 15 is 0 Å². The van der Waals surface area contributed by atoms with E-state index in [1.807, 2.05) is 13.8 Å². The minimum Gasteiger partial charge on any atom is -0.449 e. The number of halogens is 2. The first-order valence-electron chi connectivity index (χ1n) is 9.05. The number of aryl methyl sites for hydroxylation is 2. The van der Waals surface area contributed by atoms with Gasteiger partial charge in [0.25, 0.3) is 5.91 Å². The number of hydrogen-bond acceptors (Lipinski definition) is 6. The fourth-order valence-electron chi connectivity index (χ4n) is 2.64. The Kier molecular flexibility index (Phi) is 6.20. The zero-order valence-corrected chi connectivity index (χ0v) is 16.5. The van der Waals surface area contributed by atoms with Gasteiger partial charge in [0.05, 0.1) is 33.7 Å². The molecule has 156 valence electrons. The molecule has 0 fully saturated rings. The van der Waals surface area contributed by atoms with Crippen LogP contribution in [0.1, 0.15) is 28.7 Å². The number of rotatable bonds is 6. The number of para-hydroxylation sites is 2. The number of esters is 1. The lowest BCUT2D eigenvalue weighted by atomic mass is 10.2. The van der Waals surface area contributed by atoms with Crippen molar-refractivity contribution in [2.24, 2.45) is 0 Å². The van der Waals surface area contributed by atoms with Crippen LogP contribution >= 0.6 is 0 Å². The van der Waals surface area contributed by atoms with Crippen LogP contribution < -0.4 is 10.1 Å². The molecule has 1 N–H and O–H groups in total. The molecule has 0 unspecified atom stereocenters. The Hall–Kier alpha value is -3.62. The van der Waals surface area contributed by atoms with E-state index in [1.54, 1.807) is 12.1 Å². The molecule has 0 aliphatic rings. The Morgan fingerprint density at radius 3 is 2.37 bits per heavy atom. The standard InChI is InChI=1S/C21H19F2N3O4/c1-11-12(2)25-17-10-14(8-9-15(17)24-11)20(28)29-13(3)19(27)26-16-6-4-5-7-18(16)30-21(22)23/h4-10,13,21H,1-3H3,(H,26,27)/t13-/m1/s1. The molecule has 0 spiro atoms. The van der Waals surface area contributed by atoms with Crippen molar-refractivity contribution < 1.29 is 27.8 Å². The lowest BCUT2D eigenvalue weighted by Crippen LogP contribution is -2.30. The summed E-state index contributed by atoms with van der Waals surface area (Å²) in [6.07, 6.45) is -1.18. The number of carbonyl (C=O) groups excluding carboxylic acids is 2. The van der Waals surface area contributed by atoms with Crippen molar-refractivity contribution in [3.63, 3.8) is 0 Å². The molecule has 3 aromatic rings. The van der Waals surface area contributed by atoms with Crippen molar-refractivity contribution in [2.75, 3.05) is 5.32 Å². The smallest absolute Gasteiger partial charge is 0.387 e. The average Bonchev–Trinajstić information content (AvgIpc) is 2.69. The third-order valence-electron chi connectivity index (χ3n) is 4.33. The van der Waals surface area contributed by atoms with Crippen molar-refractivity contribution in [1.82, 2.24) is 9.97 Å². The van der Waals surface area contributed by atoms with Gasteiger partial charge in [-0.3, -0.25) is 4.79 Å². The molecule has 1 amide bonds. The molecule has 1 atom stereocenters. The van der Waals surface area contributed by atoms with Crippen LogP contribution in [0, 0.1) is 13.8 Å². The second kappa shape index (κ2) is 8.81. The number of fused-ring (bicyclic) bond motifs is 1. The highest BCUT2D eigenvalue weighted by atomic mass is 19.3. The average molecular weight is 415 g/mol. The van der Waals surface area contributed by atoms with Gasteiger partial charge in [0.15, 0.2) is 6.10 Å². The van der Waals surface area contributed by atoms with E-state index in [2.05, 4.69) is 20.0 Å². The molecule has 0 aliphatic heterocycles. The van der Waals surface area contributed by atoms with Crippen molar-refractivity contribution in [2.45, 2.75) is 33.5 Å². The van der Waals surface area contributed by atoms with Crippen LogP contribution in [-0.2, 0) is 9.53 Å².